The number of ether oxygens (including phenoxy) is 2. The normalized spacial score (nSPS) is 18.9. The molecule has 0 spiro atoms. The second-order valence-corrected chi connectivity index (χ2v) is 12.3. The van der Waals surface area contributed by atoms with Crippen LogP contribution in [-0.4, -0.2) is 47.2 Å². The summed E-state index contributed by atoms with van der Waals surface area (Å²) < 4.78 is 11.7. The number of hydrogen-bond acceptors (Lipinski definition) is 9. The van der Waals surface area contributed by atoms with Gasteiger partial charge in [0.25, 0.3) is 0 Å². The SMILES string of the molecule is CCOC(=O)c1ccc(NC(=O)Cn2c3c(sc2=O)[C@H](c2ccc(OC)cc2)C2C(=O)N(c4ccccc4)C(=O)C2S3)cc1. The number of esters is 1. The lowest BCUT2D eigenvalue weighted by molar-refractivity contribution is -0.122. The molecular weight excluding hydrogens is 603 g/mol. The monoisotopic (exact) mass is 629 g/mol. The zero-order valence-electron chi connectivity index (χ0n) is 23.7. The molecule has 3 atom stereocenters. The first-order chi connectivity index (χ1) is 21.3. The average molecular weight is 630 g/mol. The molecule has 0 saturated carbocycles. The molecule has 4 aromatic rings. The first-order valence-electron chi connectivity index (χ1n) is 13.8. The van der Waals surface area contributed by atoms with Gasteiger partial charge in [-0.3, -0.25) is 23.7 Å². The van der Waals surface area contributed by atoms with Crippen LogP contribution in [0.15, 0.2) is 88.7 Å². The van der Waals surface area contributed by atoms with Crippen molar-refractivity contribution in [3.8, 4) is 5.75 Å². The summed E-state index contributed by atoms with van der Waals surface area (Å²) in [5.41, 5.74) is 2.04. The van der Waals surface area contributed by atoms with Gasteiger partial charge in [0.2, 0.25) is 17.7 Å². The molecule has 0 radical (unpaired) electrons. The van der Waals surface area contributed by atoms with E-state index in [1.807, 2.05) is 18.2 Å². The topological polar surface area (TPSA) is 124 Å². The van der Waals surface area contributed by atoms with E-state index in [-0.39, 0.29) is 29.8 Å². The van der Waals surface area contributed by atoms with Crippen LogP contribution in [0.1, 0.15) is 33.6 Å². The van der Waals surface area contributed by atoms with Crippen LogP contribution >= 0.6 is 23.1 Å². The van der Waals surface area contributed by atoms with E-state index in [4.69, 9.17) is 9.47 Å². The number of para-hydroxylation sites is 1. The van der Waals surface area contributed by atoms with Gasteiger partial charge in [0.15, 0.2) is 0 Å². The molecule has 3 aromatic carbocycles. The number of thioether (sulfide) groups is 1. The van der Waals surface area contributed by atoms with Gasteiger partial charge in [-0.25, -0.2) is 9.69 Å². The Morgan fingerprint density at radius 1 is 0.909 bits per heavy atom. The largest absolute Gasteiger partial charge is 0.497 e. The minimum Gasteiger partial charge on any atom is -0.497 e. The number of rotatable bonds is 8. The number of amides is 3. The van der Waals surface area contributed by atoms with Crippen LogP contribution in [0.4, 0.5) is 11.4 Å². The lowest BCUT2D eigenvalue weighted by atomic mass is 9.83. The number of hydrogen-bond donors (Lipinski definition) is 1. The summed E-state index contributed by atoms with van der Waals surface area (Å²) in [6, 6.07) is 22.3. The van der Waals surface area contributed by atoms with E-state index in [0.29, 0.717) is 32.6 Å². The predicted octanol–water partition coefficient (Wildman–Crippen LogP) is 4.53. The van der Waals surface area contributed by atoms with Crippen LogP contribution in [0, 0.1) is 5.92 Å². The Bertz CT molecular complexity index is 1800. The number of nitrogens with zero attached hydrogens (tertiary/aromatic N) is 2. The van der Waals surface area contributed by atoms with Gasteiger partial charge in [0, 0.05) is 16.5 Å². The highest BCUT2D eigenvalue weighted by molar-refractivity contribution is 8.00. The van der Waals surface area contributed by atoms with Crippen molar-refractivity contribution in [1.29, 1.82) is 0 Å². The third kappa shape index (κ3) is 5.31. The number of benzene rings is 3. The lowest BCUT2D eigenvalue weighted by Crippen LogP contribution is -2.33. The quantitative estimate of drug-likeness (QED) is 0.223. The Morgan fingerprint density at radius 3 is 2.27 bits per heavy atom. The van der Waals surface area contributed by atoms with Crippen LogP contribution < -0.4 is 19.8 Å². The van der Waals surface area contributed by atoms with E-state index < -0.39 is 29.0 Å². The van der Waals surface area contributed by atoms with Gasteiger partial charge in [-0.05, 0) is 61.0 Å². The van der Waals surface area contributed by atoms with Crippen molar-refractivity contribution in [2.24, 2.45) is 5.92 Å². The van der Waals surface area contributed by atoms with E-state index in [0.717, 1.165) is 28.7 Å². The number of methoxy groups -OCH3 is 1. The fraction of sp³-hybridized carbons (Fsp3) is 0.219. The number of imide groups is 1. The molecule has 224 valence electrons. The zero-order chi connectivity index (χ0) is 31.0. The van der Waals surface area contributed by atoms with Gasteiger partial charge in [0.05, 0.1) is 35.9 Å². The number of aromatic nitrogens is 1. The van der Waals surface area contributed by atoms with Crippen molar-refractivity contribution in [3.63, 3.8) is 0 Å². The van der Waals surface area contributed by atoms with Gasteiger partial charge in [-0.15, -0.1) is 0 Å². The van der Waals surface area contributed by atoms with E-state index in [2.05, 4.69) is 5.32 Å². The Kier molecular flexibility index (Phi) is 8.11. The van der Waals surface area contributed by atoms with Crippen molar-refractivity contribution < 1.29 is 28.7 Å². The number of carbonyl (C=O) groups excluding carboxylic acids is 4. The van der Waals surface area contributed by atoms with Gasteiger partial charge in [-0.1, -0.05) is 53.4 Å². The molecule has 12 heteroatoms. The van der Waals surface area contributed by atoms with E-state index in [9.17, 15) is 24.0 Å². The summed E-state index contributed by atoms with van der Waals surface area (Å²) in [6.07, 6.45) is 0. The van der Waals surface area contributed by atoms with E-state index in [1.54, 1.807) is 74.7 Å². The summed E-state index contributed by atoms with van der Waals surface area (Å²) >= 11 is 2.13. The van der Waals surface area contributed by atoms with Crippen LogP contribution in [0.3, 0.4) is 0 Å². The summed E-state index contributed by atoms with van der Waals surface area (Å²) in [5, 5.41) is 2.46. The number of anilines is 2. The van der Waals surface area contributed by atoms with Gasteiger partial charge < -0.3 is 14.8 Å². The molecule has 2 aliphatic rings. The molecule has 1 aromatic heterocycles. The molecule has 2 unspecified atom stereocenters. The molecule has 0 bridgehead atoms. The summed E-state index contributed by atoms with van der Waals surface area (Å²) in [4.78, 5) is 67.7. The van der Waals surface area contributed by atoms with Crippen molar-refractivity contribution >= 4 is 58.2 Å². The molecule has 10 nitrogen and oxygen atoms in total. The van der Waals surface area contributed by atoms with E-state index >= 15 is 0 Å². The lowest BCUT2D eigenvalue weighted by Gasteiger charge is -2.30. The number of carbonyl (C=O) groups is 4. The first kappa shape index (κ1) is 29.4. The zero-order valence-corrected chi connectivity index (χ0v) is 25.4. The second-order valence-electron chi connectivity index (χ2n) is 10.1. The van der Waals surface area contributed by atoms with Crippen molar-refractivity contribution in [3.05, 3.63) is 105 Å². The fourth-order valence-corrected chi connectivity index (χ4v) is 8.28. The Morgan fingerprint density at radius 2 is 1.61 bits per heavy atom. The molecule has 6 rings (SSSR count). The molecule has 2 aliphatic heterocycles. The molecule has 1 saturated heterocycles. The predicted molar refractivity (Wildman–Crippen MR) is 167 cm³/mol. The molecule has 44 heavy (non-hydrogen) atoms. The maximum atomic E-state index is 13.9. The molecule has 1 N–H and O–H groups in total. The van der Waals surface area contributed by atoms with Crippen LogP contribution in [0.5, 0.6) is 5.75 Å². The van der Waals surface area contributed by atoms with Gasteiger partial charge in [0.1, 0.15) is 17.5 Å². The second kappa shape index (κ2) is 12.1. The third-order valence-corrected chi connectivity index (χ3v) is 10.1. The average Bonchev–Trinajstić information content (AvgIpc) is 3.48. The van der Waals surface area contributed by atoms with Crippen molar-refractivity contribution in [2.75, 3.05) is 23.9 Å². The van der Waals surface area contributed by atoms with Crippen LogP contribution in [-0.2, 0) is 25.7 Å². The van der Waals surface area contributed by atoms with Crippen LogP contribution in [0.2, 0.25) is 0 Å². The maximum absolute atomic E-state index is 13.9. The number of fused-ring (bicyclic) bond motifs is 2. The first-order valence-corrected chi connectivity index (χ1v) is 15.5. The minimum atomic E-state index is -0.791. The molecule has 1 fully saturated rings. The Labute approximate surface area is 260 Å². The number of thiazole rings is 1. The summed E-state index contributed by atoms with van der Waals surface area (Å²) in [7, 11) is 1.56. The highest BCUT2D eigenvalue weighted by Crippen LogP contribution is 2.54. The highest BCUT2D eigenvalue weighted by Gasteiger charge is 2.56. The van der Waals surface area contributed by atoms with Gasteiger partial charge in [-0.2, -0.15) is 0 Å². The van der Waals surface area contributed by atoms with E-state index in [1.165, 1.54) is 9.47 Å². The molecule has 0 aliphatic carbocycles. The number of nitrogens with one attached hydrogen (secondary N) is 1. The molecular formula is C32H27N3O7S2. The van der Waals surface area contributed by atoms with Crippen molar-refractivity contribution in [1.82, 2.24) is 4.57 Å². The Hall–Kier alpha value is -4.68. The smallest absolute Gasteiger partial charge is 0.338 e. The minimum absolute atomic E-state index is 0.250. The molecule has 3 heterocycles. The highest BCUT2D eigenvalue weighted by atomic mass is 32.2. The molecule has 3 amide bonds. The van der Waals surface area contributed by atoms with Crippen LogP contribution in [0.25, 0.3) is 0 Å². The van der Waals surface area contributed by atoms with Crippen molar-refractivity contribution in [2.45, 2.75) is 29.7 Å². The maximum Gasteiger partial charge on any atom is 0.338 e. The Balaban J connectivity index is 1.33. The standard InChI is InChI=1S/C32H27N3O7S2/c1-3-42-31(39)19-9-13-20(14-10-19)33-23(36)17-34-30-27(44-32(34)40)24(18-11-15-22(41-2)16-12-18)25-26(43-30)29(38)35(28(25)37)21-7-5-4-6-8-21/h4-16,24-26H,3,17H2,1-2H3,(H,33,36)/t24-,25?,26?/m1/s1. The van der Waals surface area contributed by atoms with Gasteiger partial charge >= 0.3 is 10.8 Å². The fourth-order valence-electron chi connectivity index (χ4n) is 5.51. The third-order valence-electron chi connectivity index (χ3n) is 7.52. The summed E-state index contributed by atoms with van der Waals surface area (Å²) in [5.74, 6) is -2.31. The summed E-state index contributed by atoms with van der Waals surface area (Å²) in [6.45, 7) is 1.67.